The third-order valence-corrected chi connectivity index (χ3v) is 8.53. The number of sulfonamides is 1. The van der Waals surface area contributed by atoms with Gasteiger partial charge >= 0.3 is 0 Å². The Labute approximate surface area is 169 Å². The highest BCUT2D eigenvalue weighted by atomic mass is 32.2. The topological polar surface area (TPSA) is 70.2 Å². The Morgan fingerprint density at radius 2 is 1.86 bits per heavy atom. The number of nitrogens with zero attached hydrogens (tertiary/aromatic N) is 1. The maximum atomic E-state index is 13.1. The summed E-state index contributed by atoms with van der Waals surface area (Å²) in [5.41, 5.74) is 2.06. The van der Waals surface area contributed by atoms with E-state index in [0.29, 0.717) is 24.0 Å². The molecule has 0 atom stereocenters. The summed E-state index contributed by atoms with van der Waals surface area (Å²) in [7, 11) is -3.55. The zero-order chi connectivity index (χ0) is 19.7. The van der Waals surface area contributed by atoms with Crippen molar-refractivity contribution in [2.45, 2.75) is 43.9 Å². The van der Waals surface area contributed by atoms with Crippen molar-refractivity contribution in [3.05, 3.63) is 40.8 Å². The molecule has 2 aromatic heterocycles. The van der Waals surface area contributed by atoms with Crippen LogP contribution in [0, 0.1) is 0 Å². The number of aldehydes is 1. The highest BCUT2D eigenvalue weighted by Gasteiger charge is 2.26. The van der Waals surface area contributed by atoms with E-state index in [1.807, 2.05) is 6.07 Å². The zero-order valence-electron chi connectivity index (χ0n) is 15.9. The number of rotatable bonds is 5. The molecule has 3 heterocycles. The Kier molecular flexibility index (Phi) is 5.40. The van der Waals surface area contributed by atoms with E-state index in [0.717, 1.165) is 54.5 Å². The third kappa shape index (κ3) is 3.43. The van der Waals surface area contributed by atoms with Gasteiger partial charge in [0.05, 0.1) is 15.5 Å². The maximum absolute atomic E-state index is 13.1. The minimum Gasteiger partial charge on any atom is -0.353 e. The van der Waals surface area contributed by atoms with Gasteiger partial charge in [-0.05, 0) is 49.6 Å². The van der Waals surface area contributed by atoms with Gasteiger partial charge in [0.25, 0.3) is 0 Å². The van der Waals surface area contributed by atoms with Crippen molar-refractivity contribution in [2.24, 2.45) is 0 Å². The SMILES string of the molecule is CCc1ccc(-c2[nH]c3ccc(S(=O)(=O)N4CCCCCC4)cc3c2C=O)s1. The van der Waals surface area contributed by atoms with E-state index < -0.39 is 10.0 Å². The highest BCUT2D eigenvalue weighted by molar-refractivity contribution is 7.89. The van der Waals surface area contributed by atoms with Gasteiger partial charge in [0.2, 0.25) is 10.0 Å². The molecule has 0 bridgehead atoms. The highest BCUT2D eigenvalue weighted by Crippen LogP contribution is 2.35. The standard InChI is InChI=1S/C21H24N2O3S2/c1-2-15-7-10-20(27-15)21-18(14-24)17-13-16(8-9-19(17)22-21)28(25,26)23-11-5-3-4-6-12-23/h7-10,13-14,22H,2-6,11-12H2,1H3. The van der Waals surface area contributed by atoms with Crippen LogP contribution in [0.25, 0.3) is 21.5 Å². The van der Waals surface area contributed by atoms with Crippen molar-refractivity contribution >= 4 is 38.5 Å². The molecular formula is C21H24N2O3S2. The van der Waals surface area contributed by atoms with Crippen LogP contribution in [0.5, 0.6) is 0 Å². The molecule has 1 N–H and O–H groups in total. The molecule has 5 nitrogen and oxygen atoms in total. The Morgan fingerprint density at radius 3 is 2.50 bits per heavy atom. The van der Waals surface area contributed by atoms with Crippen molar-refractivity contribution in [2.75, 3.05) is 13.1 Å². The van der Waals surface area contributed by atoms with Gasteiger partial charge in [-0.25, -0.2) is 8.42 Å². The molecule has 3 aromatic rings. The molecule has 0 amide bonds. The molecule has 148 valence electrons. The molecular weight excluding hydrogens is 392 g/mol. The first-order valence-corrected chi connectivity index (χ1v) is 12.0. The molecule has 28 heavy (non-hydrogen) atoms. The molecule has 1 aromatic carbocycles. The summed E-state index contributed by atoms with van der Waals surface area (Å²) in [6.07, 6.45) is 5.70. The number of carbonyl (C=O) groups is 1. The lowest BCUT2D eigenvalue weighted by Crippen LogP contribution is -2.31. The van der Waals surface area contributed by atoms with E-state index in [1.54, 1.807) is 33.8 Å². The quantitative estimate of drug-likeness (QED) is 0.605. The van der Waals surface area contributed by atoms with Crippen LogP contribution in [0.4, 0.5) is 0 Å². The van der Waals surface area contributed by atoms with Gasteiger partial charge in [-0.15, -0.1) is 11.3 Å². The monoisotopic (exact) mass is 416 g/mol. The number of carbonyl (C=O) groups excluding carboxylic acids is 1. The normalized spacial score (nSPS) is 16.3. The molecule has 1 aliphatic heterocycles. The number of H-pyrrole nitrogens is 1. The van der Waals surface area contributed by atoms with E-state index in [9.17, 15) is 13.2 Å². The predicted octanol–water partition coefficient (Wildman–Crippen LogP) is 4.84. The Bertz CT molecular complexity index is 1100. The van der Waals surface area contributed by atoms with Crippen LogP contribution >= 0.6 is 11.3 Å². The van der Waals surface area contributed by atoms with E-state index >= 15 is 0 Å². The molecule has 0 unspecified atom stereocenters. The smallest absolute Gasteiger partial charge is 0.243 e. The first-order chi connectivity index (χ1) is 13.5. The fraction of sp³-hybridized carbons (Fsp3) is 0.381. The predicted molar refractivity (Wildman–Crippen MR) is 114 cm³/mol. The number of fused-ring (bicyclic) bond motifs is 1. The lowest BCUT2D eigenvalue weighted by molar-refractivity contribution is 0.112. The Balaban J connectivity index is 1.79. The van der Waals surface area contributed by atoms with Crippen molar-refractivity contribution in [1.82, 2.24) is 9.29 Å². The second kappa shape index (κ2) is 7.81. The van der Waals surface area contributed by atoms with Crippen molar-refractivity contribution in [3.63, 3.8) is 0 Å². The second-order valence-corrected chi connectivity index (χ2v) is 10.3. The number of benzene rings is 1. The average Bonchev–Trinajstić information content (AvgIpc) is 3.21. The van der Waals surface area contributed by atoms with Crippen molar-refractivity contribution in [3.8, 4) is 10.6 Å². The van der Waals surface area contributed by atoms with Gasteiger partial charge in [0.15, 0.2) is 6.29 Å². The fourth-order valence-electron chi connectivity index (χ4n) is 3.80. The fourth-order valence-corrected chi connectivity index (χ4v) is 6.31. The van der Waals surface area contributed by atoms with Gasteiger partial charge in [-0.1, -0.05) is 19.8 Å². The van der Waals surface area contributed by atoms with Crippen LogP contribution in [0.3, 0.4) is 0 Å². The van der Waals surface area contributed by atoms with Crippen LogP contribution in [-0.2, 0) is 16.4 Å². The van der Waals surface area contributed by atoms with Gasteiger partial charge in [0, 0.05) is 34.4 Å². The van der Waals surface area contributed by atoms with E-state index in [4.69, 9.17) is 0 Å². The Morgan fingerprint density at radius 1 is 1.11 bits per heavy atom. The van der Waals surface area contributed by atoms with Crippen LogP contribution in [0.2, 0.25) is 0 Å². The number of aromatic nitrogens is 1. The summed E-state index contributed by atoms with van der Waals surface area (Å²) in [4.78, 5) is 17.7. The first-order valence-electron chi connectivity index (χ1n) is 9.74. The minimum absolute atomic E-state index is 0.260. The van der Waals surface area contributed by atoms with E-state index in [2.05, 4.69) is 18.0 Å². The third-order valence-electron chi connectivity index (χ3n) is 5.39. The van der Waals surface area contributed by atoms with Crippen LogP contribution in [0.15, 0.2) is 35.2 Å². The molecule has 1 saturated heterocycles. The molecule has 1 aliphatic rings. The number of nitrogens with one attached hydrogen (secondary N) is 1. The van der Waals surface area contributed by atoms with Gasteiger partial charge in [-0.2, -0.15) is 4.31 Å². The van der Waals surface area contributed by atoms with E-state index in [1.165, 1.54) is 4.88 Å². The maximum Gasteiger partial charge on any atom is 0.243 e. The molecule has 1 fully saturated rings. The summed E-state index contributed by atoms with van der Waals surface area (Å²) in [5.74, 6) is 0. The number of hydrogen-bond donors (Lipinski definition) is 1. The molecule has 7 heteroatoms. The van der Waals surface area contributed by atoms with Crippen molar-refractivity contribution < 1.29 is 13.2 Å². The number of thiophene rings is 1. The van der Waals surface area contributed by atoms with Gasteiger partial charge in [-0.3, -0.25) is 4.79 Å². The number of hydrogen-bond acceptors (Lipinski definition) is 4. The zero-order valence-corrected chi connectivity index (χ0v) is 17.5. The molecule has 0 aliphatic carbocycles. The first kappa shape index (κ1) is 19.4. The van der Waals surface area contributed by atoms with E-state index in [-0.39, 0.29) is 4.90 Å². The average molecular weight is 417 g/mol. The summed E-state index contributed by atoms with van der Waals surface area (Å²) in [6.45, 7) is 3.23. The summed E-state index contributed by atoms with van der Waals surface area (Å²) in [6, 6.07) is 9.13. The second-order valence-electron chi connectivity index (χ2n) is 7.18. The minimum atomic E-state index is -3.55. The van der Waals surface area contributed by atoms with Crippen LogP contribution in [-0.4, -0.2) is 37.1 Å². The van der Waals surface area contributed by atoms with Crippen LogP contribution < -0.4 is 0 Å². The molecule has 0 radical (unpaired) electrons. The lowest BCUT2D eigenvalue weighted by atomic mass is 10.1. The van der Waals surface area contributed by atoms with Gasteiger partial charge < -0.3 is 4.98 Å². The number of aromatic amines is 1. The molecule has 0 saturated carbocycles. The number of aryl methyl sites for hydroxylation is 1. The Hall–Kier alpha value is -1.96. The molecule has 0 spiro atoms. The van der Waals surface area contributed by atoms with Gasteiger partial charge in [0.1, 0.15) is 0 Å². The summed E-state index contributed by atoms with van der Waals surface area (Å²) < 4.78 is 27.8. The lowest BCUT2D eigenvalue weighted by Gasteiger charge is -2.20. The summed E-state index contributed by atoms with van der Waals surface area (Å²) >= 11 is 1.65. The molecule has 4 rings (SSSR count). The largest absolute Gasteiger partial charge is 0.353 e. The van der Waals surface area contributed by atoms with Crippen molar-refractivity contribution in [1.29, 1.82) is 0 Å². The van der Waals surface area contributed by atoms with Crippen LogP contribution in [0.1, 0.15) is 47.8 Å². The summed E-state index contributed by atoms with van der Waals surface area (Å²) in [5, 5.41) is 0.660.